The second-order valence-electron chi connectivity index (χ2n) is 9.50. The SMILES string of the molecule is O=C(c1ccccc1)c1ccc(C[N+]2(Cc3ccc(C(=O)c4ccccc4)cc3)CCOCC2)cc1. The van der Waals surface area contributed by atoms with Crippen molar-refractivity contribution in [2.24, 2.45) is 0 Å². The van der Waals surface area contributed by atoms with Gasteiger partial charge in [-0.05, 0) is 0 Å². The Hall–Kier alpha value is -3.86. The molecule has 0 N–H and O–H groups in total. The Labute approximate surface area is 212 Å². The van der Waals surface area contributed by atoms with E-state index in [2.05, 4.69) is 24.3 Å². The molecule has 0 saturated carbocycles. The van der Waals surface area contributed by atoms with Crippen LogP contribution in [-0.2, 0) is 17.8 Å². The summed E-state index contributed by atoms with van der Waals surface area (Å²) in [7, 11) is 0. The number of carbonyl (C=O) groups is 2. The van der Waals surface area contributed by atoms with Gasteiger partial charge in [-0.1, -0.05) is 109 Å². The predicted octanol–water partition coefficient (Wildman–Crippen LogP) is 5.70. The minimum absolute atomic E-state index is 0.0440. The first-order valence-electron chi connectivity index (χ1n) is 12.4. The van der Waals surface area contributed by atoms with Crippen molar-refractivity contribution in [3.8, 4) is 0 Å². The fourth-order valence-corrected chi connectivity index (χ4v) is 4.91. The molecule has 0 unspecified atom stereocenters. The first-order chi connectivity index (χ1) is 17.6. The highest BCUT2D eigenvalue weighted by atomic mass is 16.5. The maximum absolute atomic E-state index is 12.8. The van der Waals surface area contributed by atoms with Crippen LogP contribution in [0.5, 0.6) is 0 Å². The van der Waals surface area contributed by atoms with Crippen LogP contribution in [0.15, 0.2) is 109 Å². The number of quaternary nitrogens is 1. The molecule has 4 aromatic carbocycles. The summed E-state index contributed by atoms with van der Waals surface area (Å²) < 4.78 is 6.58. The van der Waals surface area contributed by atoms with Gasteiger partial charge < -0.3 is 9.22 Å². The Morgan fingerprint density at radius 3 is 1.28 bits per heavy atom. The van der Waals surface area contributed by atoms with Crippen molar-refractivity contribution in [3.63, 3.8) is 0 Å². The number of carbonyl (C=O) groups excluding carboxylic acids is 2. The van der Waals surface area contributed by atoms with Crippen LogP contribution in [0.2, 0.25) is 0 Å². The van der Waals surface area contributed by atoms with Gasteiger partial charge in [0.2, 0.25) is 0 Å². The van der Waals surface area contributed by atoms with Crippen LogP contribution in [0.1, 0.15) is 43.0 Å². The zero-order chi connectivity index (χ0) is 24.8. The highest BCUT2D eigenvalue weighted by Crippen LogP contribution is 2.23. The highest BCUT2D eigenvalue weighted by molar-refractivity contribution is 6.09. The van der Waals surface area contributed by atoms with E-state index in [1.54, 1.807) is 0 Å². The van der Waals surface area contributed by atoms with E-state index in [4.69, 9.17) is 4.74 Å². The molecule has 180 valence electrons. The van der Waals surface area contributed by atoms with Gasteiger partial charge in [-0.2, -0.15) is 0 Å². The molecule has 1 saturated heterocycles. The molecule has 1 aliphatic rings. The molecular formula is C32H30NO3+. The number of ketones is 2. The molecular weight excluding hydrogens is 446 g/mol. The number of hydrogen-bond acceptors (Lipinski definition) is 3. The van der Waals surface area contributed by atoms with Gasteiger partial charge in [-0.25, -0.2) is 0 Å². The Balaban J connectivity index is 1.30. The third-order valence-corrected chi connectivity index (χ3v) is 6.96. The smallest absolute Gasteiger partial charge is 0.193 e. The van der Waals surface area contributed by atoms with Gasteiger partial charge in [-0.3, -0.25) is 9.59 Å². The third kappa shape index (κ3) is 5.51. The van der Waals surface area contributed by atoms with E-state index in [1.165, 1.54) is 11.1 Å². The summed E-state index contributed by atoms with van der Waals surface area (Å²) in [5.74, 6) is 0.0881. The molecule has 4 heteroatoms. The van der Waals surface area contributed by atoms with E-state index < -0.39 is 0 Å². The monoisotopic (exact) mass is 476 g/mol. The van der Waals surface area contributed by atoms with Gasteiger partial charge in [0.25, 0.3) is 0 Å². The van der Waals surface area contributed by atoms with E-state index in [1.807, 2.05) is 84.9 Å². The van der Waals surface area contributed by atoms with Gasteiger partial charge in [0.1, 0.15) is 26.2 Å². The van der Waals surface area contributed by atoms with Gasteiger partial charge in [-0.15, -0.1) is 0 Å². The number of benzene rings is 4. The molecule has 5 rings (SSSR count). The van der Waals surface area contributed by atoms with Crippen LogP contribution in [0.3, 0.4) is 0 Å². The van der Waals surface area contributed by atoms with Crippen molar-refractivity contribution < 1.29 is 18.8 Å². The summed E-state index contributed by atoms with van der Waals surface area (Å²) in [6, 6.07) is 34.8. The lowest BCUT2D eigenvalue weighted by Crippen LogP contribution is -2.53. The molecule has 0 bridgehead atoms. The molecule has 0 aromatic heterocycles. The van der Waals surface area contributed by atoms with Crippen LogP contribution < -0.4 is 0 Å². The predicted molar refractivity (Wildman–Crippen MR) is 141 cm³/mol. The molecule has 0 atom stereocenters. The highest BCUT2D eigenvalue weighted by Gasteiger charge is 2.31. The Bertz CT molecular complexity index is 1210. The molecule has 4 aromatic rings. The summed E-state index contributed by atoms with van der Waals surface area (Å²) in [6.07, 6.45) is 0. The van der Waals surface area contributed by atoms with E-state index in [0.717, 1.165) is 43.9 Å². The van der Waals surface area contributed by atoms with Crippen molar-refractivity contribution in [2.45, 2.75) is 13.1 Å². The Morgan fingerprint density at radius 1 is 0.528 bits per heavy atom. The Morgan fingerprint density at radius 2 is 0.889 bits per heavy atom. The minimum atomic E-state index is 0.0440. The maximum Gasteiger partial charge on any atom is 0.193 e. The van der Waals surface area contributed by atoms with Gasteiger partial charge in [0, 0.05) is 33.4 Å². The average Bonchev–Trinajstić information content (AvgIpc) is 2.94. The Kier molecular flexibility index (Phi) is 7.17. The topological polar surface area (TPSA) is 43.4 Å². The fourth-order valence-electron chi connectivity index (χ4n) is 4.91. The van der Waals surface area contributed by atoms with Crippen molar-refractivity contribution in [1.29, 1.82) is 0 Å². The number of rotatable bonds is 8. The summed E-state index contributed by atoms with van der Waals surface area (Å²) >= 11 is 0. The molecule has 0 amide bonds. The van der Waals surface area contributed by atoms with Crippen LogP contribution in [0.25, 0.3) is 0 Å². The van der Waals surface area contributed by atoms with Crippen LogP contribution in [0, 0.1) is 0 Å². The molecule has 0 aliphatic carbocycles. The second-order valence-corrected chi connectivity index (χ2v) is 9.50. The van der Waals surface area contributed by atoms with Crippen molar-refractivity contribution >= 4 is 11.6 Å². The maximum atomic E-state index is 12.8. The van der Waals surface area contributed by atoms with Crippen LogP contribution in [0.4, 0.5) is 0 Å². The zero-order valence-corrected chi connectivity index (χ0v) is 20.3. The number of ether oxygens (including phenoxy) is 1. The molecule has 0 radical (unpaired) electrons. The summed E-state index contributed by atoms with van der Waals surface area (Å²) in [6.45, 7) is 5.05. The number of hydrogen-bond donors (Lipinski definition) is 0. The molecule has 0 spiro atoms. The average molecular weight is 477 g/mol. The lowest BCUT2D eigenvalue weighted by molar-refractivity contribution is -0.960. The van der Waals surface area contributed by atoms with E-state index in [0.29, 0.717) is 22.3 Å². The fraction of sp³-hybridized carbons (Fsp3) is 0.188. The summed E-state index contributed by atoms with van der Waals surface area (Å²) in [4.78, 5) is 25.5. The molecule has 1 fully saturated rings. The second kappa shape index (κ2) is 10.8. The van der Waals surface area contributed by atoms with Crippen molar-refractivity contribution in [1.82, 2.24) is 0 Å². The largest absolute Gasteiger partial charge is 0.370 e. The van der Waals surface area contributed by atoms with E-state index in [-0.39, 0.29) is 11.6 Å². The zero-order valence-electron chi connectivity index (χ0n) is 20.3. The van der Waals surface area contributed by atoms with E-state index >= 15 is 0 Å². The lowest BCUT2D eigenvalue weighted by Gasteiger charge is -2.41. The van der Waals surface area contributed by atoms with Gasteiger partial charge in [0.05, 0.1) is 13.2 Å². The number of nitrogens with zero attached hydrogens (tertiary/aromatic N) is 1. The van der Waals surface area contributed by atoms with Crippen molar-refractivity contribution in [2.75, 3.05) is 26.3 Å². The molecule has 1 aliphatic heterocycles. The molecule has 36 heavy (non-hydrogen) atoms. The lowest BCUT2D eigenvalue weighted by atomic mass is 10.0. The number of morpholine rings is 1. The summed E-state index contributed by atoms with van der Waals surface area (Å²) in [5, 5.41) is 0. The van der Waals surface area contributed by atoms with Crippen LogP contribution in [-0.4, -0.2) is 42.4 Å². The quantitative estimate of drug-likeness (QED) is 0.242. The molecule has 4 nitrogen and oxygen atoms in total. The van der Waals surface area contributed by atoms with Crippen molar-refractivity contribution in [3.05, 3.63) is 143 Å². The third-order valence-electron chi connectivity index (χ3n) is 6.96. The van der Waals surface area contributed by atoms with Crippen LogP contribution >= 0.6 is 0 Å². The van der Waals surface area contributed by atoms with Gasteiger partial charge in [0.15, 0.2) is 11.6 Å². The first kappa shape index (κ1) is 23.9. The normalized spacial score (nSPS) is 14.8. The minimum Gasteiger partial charge on any atom is -0.370 e. The first-order valence-corrected chi connectivity index (χ1v) is 12.4. The summed E-state index contributed by atoms with van der Waals surface area (Å²) in [5.41, 5.74) is 5.23. The molecule has 1 heterocycles. The standard InChI is InChI=1S/C32H30NO3/c34-31(27-7-3-1-4-8-27)29-15-11-25(12-16-29)23-33(19-21-36-22-20-33)24-26-13-17-30(18-14-26)32(35)28-9-5-2-6-10-28/h1-18H,19-24H2/q+1. The van der Waals surface area contributed by atoms with E-state index in [9.17, 15) is 9.59 Å². The van der Waals surface area contributed by atoms with Gasteiger partial charge >= 0.3 is 0 Å².